The molecule has 0 radical (unpaired) electrons. The summed E-state index contributed by atoms with van der Waals surface area (Å²) in [6, 6.07) is 86.1. The maximum atomic E-state index is 2.44. The fourth-order valence-electron chi connectivity index (χ4n) is 9.49. The zero-order valence-electron chi connectivity index (χ0n) is 33.4. The summed E-state index contributed by atoms with van der Waals surface area (Å²) >= 11 is 0. The van der Waals surface area contributed by atoms with E-state index < -0.39 is 0 Å². The summed E-state index contributed by atoms with van der Waals surface area (Å²) in [4.78, 5) is 2.44. The first kappa shape index (κ1) is 34.9. The fourth-order valence-corrected chi connectivity index (χ4v) is 9.49. The largest absolute Gasteiger partial charge is 0.310 e. The summed E-state index contributed by atoms with van der Waals surface area (Å²) in [6.07, 6.45) is 0. The van der Waals surface area contributed by atoms with Crippen LogP contribution < -0.4 is 4.90 Å². The van der Waals surface area contributed by atoms with Gasteiger partial charge in [0, 0.05) is 49.7 Å². The molecule has 3 heteroatoms. The van der Waals surface area contributed by atoms with Crippen molar-refractivity contribution in [2.24, 2.45) is 0 Å². The van der Waals surface area contributed by atoms with E-state index in [-0.39, 0.29) is 0 Å². The molecule has 0 aliphatic carbocycles. The van der Waals surface area contributed by atoms with E-state index in [1.165, 1.54) is 65.5 Å². The summed E-state index contributed by atoms with van der Waals surface area (Å²) in [5.41, 5.74) is 14.9. The van der Waals surface area contributed by atoms with Crippen LogP contribution in [0.5, 0.6) is 0 Å². The first-order chi connectivity index (χ1) is 30.3. The van der Waals surface area contributed by atoms with Crippen molar-refractivity contribution in [2.45, 2.75) is 0 Å². The maximum absolute atomic E-state index is 2.44. The molecule has 286 valence electrons. The Kier molecular flexibility index (Phi) is 8.17. The van der Waals surface area contributed by atoms with E-state index in [1.54, 1.807) is 0 Å². The van der Waals surface area contributed by atoms with Gasteiger partial charge in [-0.25, -0.2) is 0 Å². The molecule has 12 aromatic rings. The third kappa shape index (κ3) is 5.82. The van der Waals surface area contributed by atoms with E-state index in [2.05, 4.69) is 251 Å². The predicted molar refractivity (Wildman–Crippen MR) is 258 cm³/mol. The van der Waals surface area contributed by atoms with Gasteiger partial charge in [0.25, 0.3) is 0 Å². The third-order valence-electron chi connectivity index (χ3n) is 12.3. The second-order valence-electron chi connectivity index (χ2n) is 15.8. The van der Waals surface area contributed by atoms with E-state index >= 15 is 0 Å². The monoisotopic (exact) mass is 777 g/mol. The molecule has 0 saturated heterocycles. The predicted octanol–water partition coefficient (Wildman–Crippen LogP) is 15.8. The van der Waals surface area contributed by atoms with Gasteiger partial charge < -0.3 is 14.0 Å². The molecule has 61 heavy (non-hydrogen) atoms. The van der Waals surface area contributed by atoms with Crippen molar-refractivity contribution in [3.05, 3.63) is 237 Å². The highest BCUT2D eigenvalue weighted by atomic mass is 15.1. The minimum atomic E-state index is 1.07. The number of hydrogen-bond donors (Lipinski definition) is 0. The van der Waals surface area contributed by atoms with Crippen LogP contribution in [0.15, 0.2) is 237 Å². The number of nitrogens with zero attached hydrogens (tertiary/aromatic N) is 3. The molecule has 10 aromatic carbocycles. The van der Waals surface area contributed by atoms with Crippen LogP contribution in [0.3, 0.4) is 0 Å². The van der Waals surface area contributed by atoms with Crippen molar-refractivity contribution >= 4 is 71.4 Å². The second-order valence-corrected chi connectivity index (χ2v) is 15.8. The van der Waals surface area contributed by atoms with Crippen molar-refractivity contribution in [1.29, 1.82) is 0 Å². The summed E-state index contributed by atoms with van der Waals surface area (Å²) in [6.45, 7) is 0. The minimum absolute atomic E-state index is 1.07. The Hall–Kier alpha value is -8.14. The van der Waals surface area contributed by atoms with Gasteiger partial charge in [-0.15, -0.1) is 0 Å². The topological polar surface area (TPSA) is 13.1 Å². The lowest BCUT2D eigenvalue weighted by Gasteiger charge is -2.28. The number of aromatic nitrogens is 2. The van der Waals surface area contributed by atoms with Crippen LogP contribution in [0.1, 0.15) is 0 Å². The van der Waals surface area contributed by atoms with Gasteiger partial charge in [-0.3, -0.25) is 0 Å². The highest BCUT2D eigenvalue weighted by Gasteiger charge is 2.21. The molecule has 0 atom stereocenters. The smallest absolute Gasteiger partial charge is 0.0547 e. The van der Waals surface area contributed by atoms with Gasteiger partial charge in [0.2, 0.25) is 0 Å². The molecule has 0 aliphatic rings. The average molecular weight is 778 g/mol. The van der Waals surface area contributed by atoms with Crippen molar-refractivity contribution < 1.29 is 0 Å². The highest BCUT2D eigenvalue weighted by molar-refractivity contribution is 6.11. The lowest BCUT2D eigenvalue weighted by Crippen LogP contribution is -2.11. The Morgan fingerprint density at radius 3 is 1.44 bits per heavy atom. The Morgan fingerprint density at radius 2 is 0.770 bits per heavy atom. The van der Waals surface area contributed by atoms with Crippen molar-refractivity contribution in [3.63, 3.8) is 0 Å². The lowest BCUT2D eigenvalue weighted by atomic mass is 10.00. The average Bonchev–Trinajstić information content (AvgIpc) is 3.85. The van der Waals surface area contributed by atoms with Gasteiger partial charge in [0.05, 0.1) is 27.8 Å². The van der Waals surface area contributed by atoms with Gasteiger partial charge >= 0.3 is 0 Å². The van der Waals surface area contributed by atoms with Gasteiger partial charge in [0.15, 0.2) is 0 Å². The van der Waals surface area contributed by atoms with Crippen LogP contribution >= 0.6 is 0 Å². The Morgan fingerprint density at radius 1 is 0.262 bits per heavy atom. The molecule has 12 rings (SSSR count). The van der Waals surface area contributed by atoms with Crippen LogP contribution in [0.25, 0.3) is 88.0 Å². The molecule has 0 saturated carbocycles. The first-order valence-electron chi connectivity index (χ1n) is 20.9. The SMILES string of the molecule is c1ccc(-c2ccc(N(c3cc(-c4ccc5c6ccccc6n(-c6ccccc6)c5c4)cc(-n4c5ccccc5c5ccccc54)c3)c3cccc4ccccc34)cc2)cc1. The molecular weight excluding hydrogens is 739 g/mol. The number of rotatable bonds is 7. The van der Waals surface area contributed by atoms with Gasteiger partial charge in [0.1, 0.15) is 0 Å². The highest BCUT2D eigenvalue weighted by Crippen LogP contribution is 2.44. The standard InChI is InChI=1S/C58H39N3/c1-3-16-40(17-4-1)41-30-33-46(34-31-41)59(54-29-15-19-42-18-7-8-22-49(42)54)47-36-44(37-48(39-47)61-56-27-13-9-23-50(56)51-24-10-14-28-57(51)61)43-32-35-53-52-25-11-12-26-55(52)60(58(53)38-43)45-20-5-2-6-21-45/h1-39H. The molecule has 0 fully saturated rings. The molecular formula is C58H39N3. The van der Waals surface area contributed by atoms with Crippen molar-refractivity contribution in [1.82, 2.24) is 9.13 Å². The molecule has 2 aromatic heterocycles. The lowest BCUT2D eigenvalue weighted by molar-refractivity contribution is 1.17. The molecule has 2 heterocycles. The number of hydrogen-bond acceptors (Lipinski definition) is 1. The van der Waals surface area contributed by atoms with E-state index in [1.807, 2.05) is 0 Å². The van der Waals surface area contributed by atoms with E-state index in [0.717, 1.165) is 39.6 Å². The quantitative estimate of drug-likeness (QED) is 0.157. The van der Waals surface area contributed by atoms with Crippen LogP contribution in [-0.2, 0) is 0 Å². The Balaban J connectivity index is 1.15. The Labute approximate surface area is 354 Å². The summed E-state index contributed by atoms with van der Waals surface area (Å²) < 4.78 is 4.85. The third-order valence-corrected chi connectivity index (χ3v) is 12.3. The molecule has 0 aliphatic heterocycles. The van der Waals surface area contributed by atoms with Crippen LogP contribution in [0.2, 0.25) is 0 Å². The summed E-state index contributed by atoms with van der Waals surface area (Å²) in [5.74, 6) is 0. The number of fused-ring (bicyclic) bond motifs is 7. The van der Waals surface area contributed by atoms with Gasteiger partial charge in [-0.2, -0.15) is 0 Å². The van der Waals surface area contributed by atoms with E-state index in [0.29, 0.717) is 0 Å². The number of para-hydroxylation sites is 4. The summed E-state index contributed by atoms with van der Waals surface area (Å²) in [7, 11) is 0. The minimum Gasteiger partial charge on any atom is -0.310 e. The number of benzene rings is 10. The van der Waals surface area contributed by atoms with Crippen LogP contribution in [-0.4, -0.2) is 9.13 Å². The second kappa shape index (κ2) is 14.3. The maximum Gasteiger partial charge on any atom is 0.0547 e. The normalized spacial score (nSPS) is 11.6. The van der Waals surface area contributed by atoms with Crippen molar-refractivity contribution in [3.8, 4) is 33.6 Å². The molecule has 0 N–H and O–H groups in total. The molecule has 0 unspecified atom stereocenters. The van der Waals surface area contributed by atoms with Crippen molar-refractivity contribution in [2.75, 3.05) is 4.90 Å². The van der Waals surface area contributed by atoms with E-state index in [9.17, 15) is 0 Å². The Bertz CT molecular complexity index is 3520. The molecule has 3 nitrogen and oxygen atoms in total. The number of anilines is 3. The molecule has 0 spiro atoms. The molecule has 0 amide bonds. The molecule has 0 bridgehead atoms. The zero-order chi connectivity index (χ0) is 40.3. The summed E-state index contributed by atoms with van der Waals surface area (Å²) in [5, 5.41) is 7.34. The van der Waals surface area contributed by atoms with Crippen LogP contribution in [0, 0.1) is 0 Å². The first-order valence-corrected chi connectivity index (χ1v) is 20.9. The van der Waals surface area contributed by atoms with E-state index in [4.69, 9.17) is 0 Å². The zero-order valence-corrected chi connectivity index (χ0v) is 33.4. The van der Waals surface area contributed by atoms with Crippen LogP contribution in [0.4, 0.5) is 17.1 Å². The van der Waals surface area contributed by atoms with Gasteiger partial charge in [-0.05, 0) is 100 Å². The van der Waals surface area contributed by atoms with Gasteiger partial charge in [-0.1, -0.05) is 164 Å². The fraction of sp³-hybridized carbons (Fsp3) is 0.